The average Bonchev–Trinajstić information content (AvgIpc) is 2.41. The van der Waals surface area contributed by atoms with Crippen LogP contribution in [0, 0.1) is 5.82 Å². The van der Waals surface area contributed by atoms with Crippen LogP contribution in [0.4, 0.5) is 8.78 Å². The number of hydrogen-bond acceptors (Lipinski definition) is 5. The van der Waals surface area contributed by atoms with Gasteiger partial charge in [-0.15, -0.1) is 0 Å². The molecule has 0 spiro atoms. The maximum Gasteiger partial charge on any atom is 0.348 e. The Morgan fingerprint density at radius 2 is 2.35 bits per heavy atom. The van der Waals surface area contributed by atoms with E-state index >= 15 is 0 Å². The molecular formula is C13H16F2N2O3. The minimum absolute atomic E-state index is 0.152. The van der Waals surface area contributed by atoms with Gasteiger partial charge in [0.15, 0.2) is 0 Å². The summed E-state index contributed by atoms with van der Waals surface area (Å²) in [7, 11) is 1.08. The summed E-state index contributed by atoms with van der Waals surface area (Å²) in [6, 6.07) is 0.954. The van der Waals surface area contributed by atoms with Gasteiger partial charge in [0.2, 0.25) is 5.67 Å². The van der Waals surface area contributed by atoms with Gasteiger partial charge in [-0.1, -0.05) is 0 Å². The maximum absolute atomic E-state index is 14.9. The molecule has 3 atom stereocenters. The summed E-state index contributed by atoms with van der Waals surface area (Å²) in [6.45, 7) is 1.63. The zero-order valence-corrected chi connectivity index (χ0v) is 11.2. The lowest BCUT2D eigenvalue weighted by molar-refractivity contribution is -0.158. The van der Waals surface area contributed by atoms with Crippen LogP contribution in [0.5, 0.6) is 0 Å². The molecule has 110 valence electrons. The average molecular weight is 286 g/mol. The van der Waals surface area contributed by atoms with Crippen molar-refractivity contribution in [1.82, 2.24) is 4.98 Å². The Kier molecular flexibility index (Phi) is 4.01. The summed E-state index contributed by atoms with van der Waals surface area (Å²) in [5, 5.41) is 0. The number of nitrogens with zero attached hydrogens (tertiary/aromatic N) is 1. The van der Waals surface area contributed by atoms with Gasteiger partial charge < -0.3 is 15.2 Å². The van der Waals surface area contributed by atoms with Crippen LogP contribution in [-0.2, 0) is 19.9 Å². The van der Waals surface area contributed by atoms with Crippen molar-refractivity contribution in [3.05, 3.63) is 29.3 Å². The fourth-order valence-corrected chi connectivity index (χ4v) is 2.39. The predicted molar refractivity (Wildman–Crippen MR) is 65.7 cm³/mol. The van der Waals surface area contributed by atoms with Gasteiger partial charge in [-0.2, -0.15) is 0 Å². The number of esters is 1. The summed E-state index contributed by atoms with van der Waals surface area (Å²) in [6.07, 6.45) is -0.156. The molecule has 0 fully saturated rings. The molecule has 1 aromatic heterocycles. The molecule has 0 saturated carbocycles. The summed E-state index contributed by atoms with van der Waals surface area (Å²) in [5.74, 6) is -1.79. The molecule has 1 aromatic rings. The number of rotatable bonds is 3. The molecule has 5 nitrogen and oxygen atoms in total. The van der Waals surface area contributed by atoms with Gasteiger partial charge in [-0.05, 0) is 25.8 Å². The van der Waals surface area contributed by atoms with E-state index in [-0.39, 0.29) is 24.1 Å². The summed E-state index contributed by atoms with van der Waals surface area (Å²) in [5.41, 5.74) is 3.18. The molecule has 1 aliphatic rings. The van der Waals surface area contributed by atoms with E-state index in [0.717, 1.165) is 19.4 Å². The van der Waals surface area contributed by atoms with Crippen molar-refractivity contribution in [2.24, 2.45) is 5.73 Å². The van der Waals surface area contributed by atoms with Crippen molar-refractivity contribution in [3.8, 4) is 0 Å². The smallest absolute Gasteiger partial charge is 0.348 e. The van der Waals surface area contributed by atoms with Crippen molar-refractivity contribution >= 4 is 5.97 Å². The quantitative estimate of drug-likeness (QED) is 0.676. The lowest BCUT2D eigenvalue weighted by atomic mass is 9.81. The van der Waals surface area contributed by atoms with E-state index < -0.39 is 29.8 Å². The van der Waals surface area contributed by atoms with Gasteiger partial charge in [0.25, 0.3) is 0 Å². The SMILES string of the molecule is COC(=O)[C@]1(F)CC[C@H](O[C@H](C)N)c2ncc(F)cc21. The third kappa shape index (κ3) is 2.51. The monoisotopic (exact) mass is 286 g/mol. The van der Waals surface area contributed by atoms with E-state index in [1.807, 2.05) is 0 Å². The molecule has 1 aliphatic carbocycles. The van der Waals surface area contributed by atoms with Crippen LogP contribution in [0.2, 0.25) is 0 Å². The van der Waals surface area contributed by atoms with Crippen molar-refractivity contribution in [3.63, 3.8) is 0 Å². The number of halogens is 2. The number of fused-ring (bicyclic) bond motifs is 1. The fourth-order valence-electron chi connectivity index (χ4n) is 2.39. The Morgan fingerprint density at radius 1 is 1.65 bits per heavy atom. The van der Waals surface area contributed by atoms with Crippen LogP contribution < -0.4 is 5.73 Å². The van der Waals surface area contributed by atoms with Gasteiger partial charge >= 0.3 is 5.97 Å². The van der Waals surface area contributed by atoms with Gasteiger partial charge in [-0.25, -0.2) is 13.6 Å². The Labute approximate surface area is 115 Å². The van der Waals surface area contributed by atoms with Gasteiger partial charge in [0, 0.05) is 5.56 Å². The van der Waals surface area contributed by atoms with E-state index in [1.165, 1.54) is 0 Å². The second kappa shape index (κ2) is 5.41. The number of carbonyl (C=O) groups excluding carboxylic acids is 1. The van der Waals surface area contributed by atoms with Crippen molar-refractivity contribution < 1.29 is 23.0 Å². The Morgan fingerprint density at radius 3 is 2.95 bits per heavy atom. The topological polar surface area (TPSA) is 74.4 Å². The molecule has 1 heterocycles. The Bertz CT molecular complexity index is 524. The first-order chi connectivity index (χ1) is 9.38. The molecule has 7 heteroatoms. The first-order valence-electron chi connectivity index (χ1n) is 6.22. The van der Waals surface area contributed by atoms with Gasteiger partial charge in [0.05, 0.1) is 19.0 Å². The van der Waals surface area contributed by atoms with Crippen molar-refractivity contribution in [2.45, 2.75) is 37.8 Å². The third-order valence-electron chi connectivity index (χ3n) is 3.26. The lowest BCUT2D eigenvalue weighted by Gasteiger charge is -2.34. The minimum atomic E-state index is -2.41. The standard InChI is InChI=1S/C13H16F2N2O3/c1-7(16)20-10-3-4-13(15,12(18)19-2)9-5-8(14)6-17-11(9)10/h5-7,10H,3-4,16H2,1-2H3/t7-,10+,13+/m1/s1. The highest BCUT2D eigenvalue weighted by atomic mass is 19.1. The Balaban J connectivity index is 2.49. The van der Waals surface area contributed by atoms with Crippen LogP contribution in [-0.4, -0.2) is 24.3 Å². The largest absolute Gasteiger partial charge is 0.466 e. The zero-order valence-electron chi connectivity index (χ0n) is 11.2. The lowest BCUT2D eigenvalue weighted by Crippen LogP contribution is -2.39. The molecule has 20 heavy (non-hydrogen) atoms. The number of aromatic nitrogens is 1. The molecule has 0 radical (unpaired) electrons. The van der Waals surface area contributed by atoms with Crippen LogP contribution in [0.25, 0.3) is 0 Å². The highest BCUT2D eigenvalue weighted by molar-refractivity contribution is 5.82. The number of nitrogens with two attached hydrogens (primary N) is 1. The van der Waals surface area contributed by atoms with Crippen LogP contribution in [0.15, 0.2) is 12.3 Å². The van der Waals surface area contributed by atoms with E-state index in [4.69, 9.17) is 10.5 Å². The van der Waals surface area contributed by atoms with E-state index in [9.17, 15) is 13.6 Å². The number of carbonyl (C=O) groups is 1. The number of methoxy groups -OCH3 is 1. The second-order valence-corrected chi connectivity index (χ2v) is 4.75. The number of alkyl halides is 1. The molecule has 0 aliphatic heterocycles. The van der Waals surface area contributed by atoms with Crippen molar-refractivity contribution in [2.75, 3.05) is 7.11 Å². The molecule has 0 bridgehead atoms. The number of hydrogen-bond donors (Lipinski definition) is 1. The van der Waals surface area contributed by atoms with E-state index in [2.05, 4.69) is 9.72 Å². The third-order valence-corrected chi connectivity index (χ3v) is 3.26. The Hall–Kier alpha value is -1.60. The normalized spacial score (nSPS) is 26.8. The highest BCUT2D eigenvalue weighted by Gasteiger charge is 2.49. The first kappa shape index (κ1) is 14.8. The number of ether oxygens (including phenoxy) is 2. The van der Waals surface area contributed by atoms with Crippen LogP contribution in [0.1, 0.15) is 37.1 Å². The summed E-state index contributed by atoms with van der Waals surface area (Å²) < 4.78 is 38.1. The molecule has 2 N–H and O–H groups in total. The highest BCUT2D eigenvalue weighted by Crippen LogP contribution is 2.44. The maximum atomic E-state index is 14.9. The predicted octanol–water partition coefficient (Wildman–Crippen LogP) is 1.71. The van der Waals surface area contributed by atoms with Crippen molar-refractivity contribution in [1.29, 1.82) is 0 Å². The zero-order chi connectivity index (χ0) is 14.9. The van der Waals surface area contributed by atoms with Gasteiger partial charge in [-0.3, -0.25) is 4.98 Å². The molecule has 0 amide bonds. The number of pyridine rings is 1. The second-order valence-electron chi connectivity index (χ2n) is 4.75. The van der Waals surface area contributed by atoms with Crippen LogP contribution >= 0.6 is 0 Å². The molecule has 0 unspecified atom stereocenters. The van der Waals surface area contributed by atoms with E-state index in [0.29, 0.717) is 0 Å². The molecule has 0 aromatic carbocycles. The summed E-state index contributed by atoms with van der Waals surface area (Å²) >= 11 is 0. The molecular weight excluding hydrogens is 270 g/mol. The van der Waals surface area contributed by atoms with E-state index in [1.54, 1.807) is 6.92 Å². The first-order valence-corrected chi connectivity index (χ1v) is 6.22. The fraction of sp³-hybridized carbons (Fsp3) is 0.538. The summed E-state index contributed by atoms with van der Waals surface area (Å²) in [4.78, 5) is 15.5. The van der Waals surface area contributed by atoms with Crippen LogP contribution in [0.3, 0.4) is 0 Å². The minimum Gasteiger partial charge on any atom is -0.466 e. The molecule has 0 saturated heterocycles. The molecule has 2 rings (SSSR count). The van der Waals surface area contributed by atoms with Gasteiger partial charge in [0.1, 0.15) is 18.1 Å².